The first-order valence-corrected chi connectivity index (χ1v) is 12.6. The molecule has 0 aliphatic carbocycles. The van der Waals surface area contributed by atoms with E-state index in [9.17, 15) is 13.2 Å². The second-order valence-corrected chi connectivity index (χ2v) is 9.50. The van der Waals surface area contributed by atoms with Gasteiger partial charge in [-0.05, 0) is 68.8 Å². The van der Waals surface area contributed by atoms with Crippen LogP contribution in [0.25, 0.3) is 16.9 Å². The topological polar surface area (TPSA) is 83.8 Å². The van der Waals surface area contributed by atoms with Crippen LogP contribution < -0.4 is 4.74 Å². The lowest BCUT2D eigenvalue weighted by molar-refractivity contribution is -0.157. The van der Waals surface area contributed by atoms with Crippen molar-refractivity contribution in [3.63, 3.8) is 0 Å². The van der Waals surface area contributed by atoms with Gasteiger partial charge in [0.15, 0.2) is 15.9 Å². The molecule has 33 heavy (non-hydrogen) atoms. The van der Waals surface area contributed by atoms with Gasteiger partial charge in [0.1, 0.15) is 5.75 Å². The molecule has 1 atom stereocenters. The number of ether oxygens (including phenoxy) is 3. The highest BCUT2D eigenvalue weighted by molar-refractivity contribution is 7.90. The molecule has 0 spiro atoms. The van der Waals surface area contributed by atoms with E-state index in [0.29, 0.717) is 12.2 Å². The predicted octanol–water partition coefficient (Wildman–Crippen LogP) is 4.51. The average Bonchev–Trinajstić information content (AvgIpc) is 3.13. The summed E-state index contributed by atoms with van der Waals surface area (Å²) < 4.78 is 42.1. The van der Waals surface area contributed by atoms with Crippen LogP contribution in [0.5, 0.6) is 5.75 Å². The van der Waals surface area contributed by atoms with Gasteiger partial charge in [0.2, 0.25) is 0 Å². The van der Waals surface area contributed by atoms with Crippen molar-refractivity contribution >= 4 is 15.8 Å². The minimum atomic E-state index is -3.31. The van der Waals surface area contributed by atoms with Gasteiger partial charge in [-0.3, -0.25) is 0 Å². The van der Waals surface area contributed by atoms with E-state index >= 15 is 0 Å². The van der Waals surface area contributed by atoms with Crippen LogP contribution in [0.15, 0.2) is 59.5 Å². The molecule has 0 saturated heterocycles. The highest BCUT2D eigenvalue weighted by Gasteiger charge is 2.28. The number of esters is 1. The maximum Gasteiger partial charge on any atom is 0.339 e. The van der Waals surface area contributed by atoms with E-state index in [1.807, 2.05) is 48.7 Å². The summed E-state index contributed by atoms with van der Waals surface area (Å²) >= 11 is 0. The Morgan fingerprint density at radius 1 is 1.00 bits per heavy atom. The number of aromatic nitrogens is 1. The number of benzene rings is 2. The number of sulfone groups is 1. The van der Waals surface area contributed by atoms with Gasteiger partial charge in [0.05, 0.1) is 24.3 Å². The summed E-state index contributed by atoms with van der Waals surface area (Å²) in [6.07, 6.45) is 0.305. The smallest absolute Gasteiger partial charge is 0.339 e. The number of carbonyl (C=O) groups excluding carboxylic acids is 1. The summed E-state index contributed by atoms with van der Waals surface area (Å²) in [5.74, 6) is 0.273. The number of hydrogen-bond acceptors (Lipinski definition) is 6. The Bertz CT molecular complexity index is 1210. The molecular weight excluding hydrogens is 442 g/mol. The van der Waals surface area contributed by atoms with E-state index in [1.54, 1.807) is 38.3 Å². The molecule has 0 N–H and O–H groups in total. The van der Waals surface area contributed by atoms with Crippen molar-refractivity contribution in [2.24, 2.45) is 0 Å². The van der Waals surface area contributed by atoms with Gasteiger partial charge in [0, 0.05) is 29.8 Å². The third kappa shape index (κ3) is 5.29. The molecule has 7 nitrogen and oxygen atoms in total. The number of nitrogens with zero attached hydrogens (tertiary/aromatic N) is 1. The summed E-state index contributed by atoms with van der Waals surface area (Å²) in [7, 11) is -1.71. The van der Waals surface area contributed by atoms with E-state index in [2.05, 4.69) is 0 Å². The maximum atomic E-state index is 12.7. The average molecular weight is 472 g/mol. The fourth-order valence-corrected chi connectivity index (χ4v) is 4.34. The Hall–Kier alpha value is -3.10. The lowest BCUT2D eigenvalue weighted by Gasteiger charge is -2.17. The number of methoxy groups -OCH3 is 1. The van der Waals surface area contributed by atoms with Crippen LogP contribution in [0.1, 0.15) is 31.2 Å². The molecule has 2 aromatic carbocycles. The second-order valence-electron chi connectivity index (χ2n) is 7.49. The second kappa shape index (κ2) is 10.2. The molecular formula is C25H29NO6S. The molecule has 8 heteroatoms. The monoisotopic (exact) mass is 471 g/mol. The molecule has 0 unspecified atom stereocenters. The van der Waals surface area contributed by atoms with Crippen molar-refractivity contribution in [1.29, 1.82) is 0 Å². The molecule has 0 bridgehead atoms. The first kappa shape index (κ1) is 24.5. The molecule has 1 heterocycles. The van der Waals surface area contributed by atoms with Crippen LogP contribution in [0.4, 0.5) is 0 Å². The van der Waals surface area contributed by atoms with E-state index in [1.165, 1.54) is 6.26 Å². The molecule has 3 rings (SSSR count). The summed E-state index contributed by atoms with van der Waals surface area (Å²) in [6, 6.07) is 16.1. The third-order valence-electron chi connectivity index (χ3n) is 5.31. The Balaban J connectivity index is 2.21. The summed E-state index contributed by atoms with van der Waals surface area (Å²) in [6.45, 7) is 6.09. The number of carbonyl (C=O) groups is 1. The van der Waals surface area contributed by atoms with Gasteiger partial charge in [-0.25, -0.2) is 13.2 Å². The summed E-state index contributed by atoms with van der Waals surface area (Å²) in [4.78, 5) is 12.9. The zero-order valence-corrected chi connectivity index (χ0v) is 20.3. The summed E-state index contributed by atoms with van der Waals surface area (Å²) in [5, 5.41) is 0. The first-order valence-electron chi connectivity index (χ1n) is 10.7. The Labute approximate surface area is 194 Å². The van der Waals surface area contributed by atoms with Gasteiger partial charge in [-0.15, -0.1) is 0 Å². The van der Waals surface area contributed by atoms with E-state index in [4.69, 9.17) is 14.2 Å². The van der Waals surface area contributed by atoms with Crippen LogP contribution in [-0.2, 0) is 24.1 Å². The normalized spacial score (nSPS) is 12.4. The highest BCUT2D eigenvalue weighted by atomic mass is 32.2. The lowest BCUT2D eigenvalue weighted by Crippen LogP contribution is -2.19. The zero-order chi connectivity index (χ0) is 24.2. The predicted molar refractivity (Wildman–Crippen MR) is 127 cm³/mol. The Morgan fingerprint density at radius 3 is 2.15 bits per heavy atom. The SMILES string of the molecule is CCOC(=O)[C@@H](OCC)c1cc(-c2ccc(S(C)(=O)=O)cc2)n(-c2ccc(OC)cc2)c1C. The Morgan fingerprint density at radius 2 is 1.64 bits per heavy atom. The van der Waals surface area contributed by atoms with Crippen LogP contribution in [0.3, 0.4) is 0 Å². The minimum Gasteiger partial charge on any atom is -0.497 e. The molecule has 0 fully saturated rings. The minimum absolute atomic E-state index is 0.240. The molecule has 0 amide bonds. The largest absolute Gasteiger partial charge is 0.497 e. The van der Waals surface area contributed by atoms with Gasteiger partial charge in [-0.2, -0.15) is 0 Å². The van der Waals surface area contributed by atoms with Gasteiger partial charge in [0.25, 0.3) is 0 Å². The van der Waals surface area contributed by atoms with Crippen LogP contribution in [-0.4, -0.2) is 45.5 Å². The van der Waals surface area contributed by atoms with Gasteiger partial charge in [-0.1, -0.05) is 12.1 Å². The fourth-order valence-electron chi connectivity index (χ4n) is 3.71. The first-order chi connectivity index (χ1) is 15.7. The van der Waals surface area contributed by atoms with Crippen molar-refractivity contribution in [3.05, 3.63) is 65.9 Å². The summed E-state index contributed by atoms with van der Waals surface area (Å²) in [5.41, 5.74) is 3.96. The molecule has 176 valence electrons. The standard InChI is InChI=1S/C25H29NO6S/c1-6-31-24(25(27)32-7-2)22-16-23(18-8-14-21(15-9-18)33(5,28)29)26(17(22)3)19-10-12-20(30-4)13-11-19/h8-16,24H,6-7H2,1-5H3/t24-/m0/s1. The Kier molecular flexibility index (Phi) is 7.61. The molecule has 0 aliphatic heterocycles. The number of hydrogen-bond donors (Lipinski definition) is 0. The highest BCUT2D eigenvalue weighted by Crippen LogP contribution is 2.35. The van der Waals surface area contributed by atoms with E-state index < -0.39 is 21.9 Å². The zero-order valence-electron chi connectivity index (χ0n) is 19.5. The van der Waals surface area contributed by atoms with Crippen LogP contribution in [0.2, 0.25) is 0 Å². The quantitative estimate of drug-likeness (QED) is 0.427. The molecule has 3 aromatic rings. The molecule has 0 radical (unpaired) electrons. The van der Waals surface area contributed by atoms with E-state index in [0.717, 1.165) is 28.4 Å². The third-order valence-corrected chi connectivity index (χ3v) is 6.44. The van der Waals surface area contributed by atoms with Crippen molar-refractivity contribution in [3.8, 4) is 22.7 Å². The lowest BCUT2D eigenvalue weighted by atomic mass is 10.1. The van der Waals surface area contributed by atoms with E-state index in [-0.39, 0.29) is 11.5 Å². The van der Waals surface area contributed by atoms with Gasteiger partial charge >= 0.3 is 5.97 Å². The molecule has 1 aromatic heterocycles. The van der Waals surface area contributed by atoms with Crippen LogP contribution >= 0.6 is 0 Å². The van der Waals surface area contributed by atoms with Crippen LogP contribution in [0, 0.1) is 6.92 Å². The van der Waals surface area contributed by atoms with Gasteiger partial charge < -0.3 is 18.8 Å². The van der Waals surface area contributed by atoms with Crippen molar-refractivity contribution in [1.82, 2.24) is 4.57 Å². The van der Waals surface area contributed by atoms with Crippen molar-refractivity contribution in [2.75, 3.05) is 26.6 Å². The number of rotatable bonds is 9. The molecule has 0 aliphatic rings. The van der Waals surface area contributed by atoms with Crippen molar-refractivity contribution < 1.29 is 27.4 Å². The fraction of sp³-hybridized carbons (Fsp3) is 0.320. The van der Waals surface area contributed by atoms with Crippen molar-refractivity contribution in [2.45, 2.75) is 31.8 Å². The maximum absolute atomic E-state index is 12.7. The molecule has 0 saturated carbocycles.